The van der Waals surface area contributed by atoms with Gasteiger partial charge in [-0.05, 0) is 62.7 Å². The van der Waals surface area contributed by atoms with Gasteiger partial charge in [-0.25, -0.2) is 0 Å². The fourth-order valence-corrected chi connectivity index (χ4v) is 8.82. The van der Waals surface area contributed by atoms with Crippen LogP contribution in [0.15, 0.2) is 12.2 Å². The van der Waals surface area contributed by atoms with Crippen molar-refractivity contribution in [3.8, 4) is 0 Å². The highest BCUT2D eigenvalue weighted by Crippen LogP contribution is 2.80. The summed E-state index contributed by atoms with van der Waals surface area (Å²) in [5, 5.41) is 0. The lowest BCUT2D eigenvalue weighted by molar-refractivity contribution is -0.169. The molecule has 0 aromatic heterocycles. The molecule has 8 atom stereocenters. The Kier molecular flexibility index (Phi) is 3.94. The van der Waals surface area contributed by atoms with E-state index in [0.717, 1.165) is 32.1 Å². The van der Waals surface area contributed by atoms with Crippen molar-refractivity contribution in [2.24, 2.45) is 34.0 Å². The lowest BCUT2D eigenvalue weighted by Gasteiger charge is -2.47. The molecule has 5 aliphatic rings. The van der Waals surface area contributed by atoms with Gasteiger partial charge in [0.25, 0.3) is 0 Å². The van der Waals surface area contributed by atoms with Crippen molar-refractivity contribution in [2.75, 3.05) is 7.11 Å². The molecule has 1 heterocycles. The Morgan fingerprint density at radius 2 is 2.00 bits per heavy atom. The van der Waals surface area contributed by atoms with Crippen molar-refractivity contribution in [1.29, 1.82) is 0 Å². The van der Waals surface area contributed by atoms with Gasteiger partial charge in [0, 0.05) is 18.8 Å². The predicted octanol–water partition coefficient (Wildman–Crippen LogP) is 3.58. The van der Waals surface area contributed by atoms with Crippen LogP contribution in [0, 0.1) is 34.0 Å². The normalized spacial score (nSPS) is 50.5. The van der Waals surface area contributed by atoms with Crippen molar-refractivity contribution >= 4 is 17.9 Å². The third-order valence-electron chi connectivity index (χ3n) is 9.91. The topological polar surface area (TPSA) is 78.9 Å². The van der Waals surface area contributed by atoms with Crippen LogP contribution in [-0.4, -0.2) is 36.7 Å². The molecule has 30 heavy (non-hydrogen) atoms. The fourth-order valence-electron chi connectivity index (χ4n) is 8.82. The van der Waals surface area contributed by atoms with Crippen LogP contribution in [0.5, 0.6) is 0 Å². The Morgan fingerprint density at radius 3 is 2.63 bits per heavy atom. The lowest BCUT2D eigenvalue weighted by atomic mass is 9.58. The van der Waals surface area contributed by atoms with Crippen LogP contribution in [0.25, 0.3) is 0 Å². The Morgan fingerprint density at radius 1 is 1.27 bits per heavy atom. The largest absolute Gasteiger partial charge is 0.469 e. The zero-order chi connectivity index (χ0) is 21.7. The first kappa shape index (κ1) is 20.1. The summed E-state index contributed by atoms with van der Waals surface area (Å²) < 4.78 is 17.3. The summed E-state index contributed by atoms with van der Waals surface area (Å²) in [6, 6.07) is 0. The van der Waals surface area contributed by atoms with Crippen molar-refractivity contribution in [1.82, 2.24) is 0 Å². The summed E-state index contributed by atoms with van der Waals surface area (Å²) in [5.74, 6) is -1.68. The lowest BCUT2D eigenvalue weighted by Crippen LogP contribution is -2.54. The number of fused-ring (bicyclic) bond motifs is 1. The molecular formula is C24H32O6. The summed E-state index contributed by atoms with van der Waals surface area (Å²) >= 11 is 0. The van der Waals surface area contributed by atoms with Crippen molar-refractivity contribution < 1.29 is 28.6 Å². The highest BCUT2D eigenvalue weighted by molar-refractivity contribution is 5.86. The van der Waals surface area contributed by atoms with Gasteiger partial charge in [0.05, 0.1) is 13.0 Å². The minimum atomic E-state index is -1.03. The summed E-state index contributed by atoms with van der Waals surface area (Å²) in [5.41, 5.74) is -0.706. The van der Waals surface area contributed by atoms with Gasteiger partial charge in [-0.2, -0.15) is 0 Å². The van der Waals surface area contributed by atoms with Crippen molar-refractivity contribution in [2.45, 2.75) is 77.4 Å². The maximum absolute atomic E-state index is 13.4. The smallest absolute Gasteiger partial charge is 0.316 e. The molecule has 1 spiro atoms. The molecule has 0 amide bonds. The number of ether oxygens (including phenoxy) is 3. The minimum Gasteiger partial charge on any atom is -0.469 e. The predicted molar refractivity (Wildman–Crippen MR) is 107 cm³/mol. The van der Waals surface area contributed by atoms with E-state index in [-0.39, 0.29) is 34.6 Å². The van der Waals surface area contributed by atoms with E-state index in [1.54, 1.807) is 0 Å². The van der Waals surface area contributed by atoms with Crippen LogP contribution in [-0.2, 0) is 28.6 Å². The van der Waals surface area contributed by atoms with Crippen LogP contribution in [0.1, 0.15) is 65.7 Å². The van der Waals surface area contributed by atoms with E-state index in [0.29, 0.717) is 12.8 Å². The number of hydrogen-bond acceptors (Lipinski definition) is 6. The molecule has 1 saturated heterocycles. The van der Waals surface area contributed by atoms with Crippen molar-refractivity contribution in [3.63, 3.8) is 0 Å². The summed E-state index contributed by atoms with van der Waals surface area (Å²) in [6.45, 7) is 9.87. The standard InChI is InChI=1S/C24H32O6/c1-6-22-9-7-15-23(12-22,11-13(22)2)17(19(26)28-5)18-21(4)16(29-14(3)25)8-10-24(15,18)30-20(21)27/h15-18H,2,6-12H2,1,3-5H3/t15-,16+,17-,18-,21-,22-,23+,24-/m1/s1. The first-order valence-corrected chi connectivity index (χ1v) is 11.3. The first-order valence-electron chi connectivity index (χ1n) is 11.3. The van der Waals surface area contributed by atoms with Gasteiger partial charge >= 0.3 is 17.9 Å². The quantitative estimate of drug-likeness (QED) is 0.398. The van der Waals surface area contributed by atoms with Crippen LogP contribution < -0.4 is 0 Å². The van der Waals surface area contributed by atoms with Crippen LogP contribution in [0.3, 0.4) is 0 Å². The maximum Gasteiger partial charge on any atom is 0.316 e. The minimum absolute atomic E-state index is 0.0619. The summed E-state index contributed by atoms with van der Waals surface area (Å²) in [6.07, 6.45) is 5.30. The number of rotatable bonds is 3. The van der Waals surface area contributed by atoms with Crippen molar-refractivity contribution in [3.05, 3.63) is 12.2 Å². The number of methoxy groups -OCH3 is 1. The second-order valence-corrected chi connectivity index (χ2v) is 10.7. The van der Waals surface area contributed by atoms with Gasteiger partial charge in [-0.1, -0.05) is 19.1 Å². The van der Waals surface area contributed by atoms with E-state index < -0.39 is 29.0 Å². The third kappa shape index (κ3) is 1.99. The Bertz CT molecular complexity index is 864. The zero-order valence-corrected chi connectivity index (χ0v) is 18.4. The molecule has 6 nitrogen and oxygen atoms in total. The molecule has 6 heteroatoms. The van der Waals surface area contributed by atoms with Gasteiger partial charge in [-0.15, -0.1) is 0 Å². The molecule has 1 aliphatic heterocycles. The van der Waals surface area contributed by atoms with E-state index in [4.69, 9.17) is 14.2 Å². The van der Waals surface area contributed by atoms with E-state index in [9.17, 15) is 14.4 Å². The van der Waals surface area contributed by atoms with E-state index in [1.165, 1.54) is 19.6 Å². The number of hydrogen-bond donors (Lipinski definition) is 0. The Balaban J connectivity index is 1.70. The highest BCUT2D eigenvalue weighted by atomic mass is 16.6. The van der Waals surface area contributed by atoms with E-state index in [1.807, 2.05) is 6.92 Å². The number of carbonyl (C=O) groups is 3. The summed E-state index contributed by atoms with van der Waals surface area (Å²) in [4.78, 5) is 38.5. The molecule has 4 aliphatic carbocycles. The van der Waals surface area contributed by atoms with Crippen LogP contribution in [0.4, 0.5) is 0 Å². The number of carbonyl (C=O) groups excluding carboxylic acids is 3. The third-order valence-corrected chi connectivity index (χ3v) is 9.91. The Hall–Kier alpha value is -1.85. The zero-order valence-electron chi connectivity index (χ0n) is 18.4. The fraction of sp³-hybridized carbons (Fsp3) is 0.792. The highest BCUT2D eigenvalue weighted by Gasteiger charge is 2.84. The maximum atomic E-state index is 13.4. The molecule has 4 saturated carbocycles. The Labute approximate surface area is 177 Å². The molecule has 0 radical (unpaired) electrons. The molecule has 0 aromatic carbocycles. The second kappa shape index (κ2) is 5.89. The van der Waals surface area contributed by atoms with Crippen LogP contribution >= 0.6 is 0 Å². The average Bonchev–Trinajstić information content (AvgIpc) is 3.14. The van der Waals surface area contributed by atoms with Gasteiger partial charge in [-0.3, -0.25) is 14.4 Å². The molecule has 5 rings (SSSR count). The van der Waals surface area contributed by atoms with E-state index in [2.05, 4.69) is 13.5 Å². The van der Waals surface area contributed by atoms with Gasteiger partial charge in [0.2, 0.25) is 0 Å². The molecular weight excluding hydrogens is 384 g/mol. The molecule has 0 unspecified atom stereocenters. The molecule has 0 N–H and O–H groups in total. The van der Waals surface area contributed by atoms with Gasteiger partial charge in [0.15, 0.2) is 0 Å². The number of esters is 3. The second-order valence-electron chi connectivity index (χ2n) is 10.7. The molecule has 5 fully saturated rings. The van der Waals surface area contributed by atoms with Crippen LogP contribution in [0.2, 0.25) is 0 Å². The van der Waals surface area contributed by atoms with Gasteiger partial charge in [0.1, 0.15) is 17.1 Å². The summed E-state index contributed by atoms with van der Waals surface area (Å²) in [7, 11) is 1.43. The number of allylic oxidation sites excluding steroid dienone is 1. The first-order chi connectivity index (χ1) is 14.1. The van der Waals surface area contributed by atoms with E-state index >= 15 is 0 Å². The SMILES string of the molecule is C=C1C[C@]23C[C@@]1(CC)CC[C@H]2[C@@]12CC[C@H](OC(C)=O)[C@@](C)(C(=O)O1)[C@H]2[C@@H]3C(=O)OC. The molecule has 164 valence electrons. The van der Waals surface area contributed by atoms with Gasteiger partial charge < -0.3 is 14.2 Å². The average molecular weight is 417 g/mol. The molecule has 0 aromatic rings. The molecule has 4 bridgehead atoms. The monoisotopic (exact) mass is 416 g/mol.